The Labute approximate surface area is 277 Å². The normalized spacial score (nSPS) is 12.6. The van der Waals surface area contributed by atoms with Crippen molar-refractivity contribution in [1.82, 2.24) is 4.98 Å². The topological polar surface area (TPSA) is 19.4 Å². The molecule has 0 N–H and O–H groups in total. The number of hydrogen-bond acceptors (Lipinski definition) is 4. The zero-order chi connectivity index (χ0) is 30.9. The van der Waals surface area contributed by atoms with Crippen LogP contribution in [0.25, 0.3) is 54.2 Å². The molecule has 1 aromatic heterocycles. The van der Waals surface area contributed by atoms with Crippen LogP contribution in [0.15, 0.2) is 164 Å². The zero-order valence-corrected chi connectivity index (χ0v) is 26.2. The van der Waals surface area contributed by atoms with Crippen molar-refractivity contribution in [3.63, 3.8) is 0 Å². The Hall–Kier alpha value is -5.97. The molecule has 220 valence electrons. The number of benzene rings is 7. The molecule has 0 bridgehead atoms. The Morgan fingerprint density at radius 1 is 0.426 bits per heavy atom. The first kappa shape index (κ1) is 26.3. The van der Waals surface area contributed by atoms with Gasteiger partial charge in [-0.1, -0.05) is 115 Å². The Morgan fingerprint density at radius 3 is 1.74 bits per heavy atom. The molecule has 0 fully saturated rings. The third-order valence-corrected chi connectivity index (χ3v) is 10.5. The molecule has 1 aliphatic heterocycles. The Kier molecular flexibility index (Phi) is 5.74. The fourth-order valence-electron chi connectivity index (χ4n) is 7.30. The van der Waals surface area contributed by atoms with Crippen LogP contribution in [0.2, 0.25) is 0 Å². The standard InChI is InChI=1S/C43H27N3S/c1-3-13-28(14-4-1)29-15-11-16-30(27-29)43-44-41-33-25-26-35(32-19-12-20-34(40(32)33)42(41)47-43)46-38-23-9-7-21-36(38)45(31-17-5-2-6-18-31)37-22-8-10-24-39(37)46/h1-27H. The van der Waals surface area contributed by atoms with Gasteiger partial charge >= 0.3 is 0 Å². The molecule has 0 amide bonds. The lowest BCUT2D eigenvalue weighted by Crippen LogP contribution is -2.24. The molecule has 0 atom stereocenters. The third-order valence-electron chi connectivity index (χ3n) is 9.34. The van der Waals surface area contributed by atoms with Crippen LogP contribution < -0.4 is 9.80 Å². The second-order valence-electron chi connectivity index (χ2n) is 12.0. The summed E-state index contributed by atoms with van der Waals surface area (Å²) in [5.74, 6) is 0. The van der Waals surface area contributed by atoms with Gasteiger partial charge in [-0.3, -0.25) is 0 Å². The molecule has 7 aromatic carbocycles. The summed E-state index contributed by atoms with van der Waals surface area (Å²) in [5.41, 5.74) is 14.1. The highest BCUT2D eigenvalue weighted by molar-refractivity contribution is 7.19. The lowest BCUT2D eigenvalue weighted by atomic mass is 9.99. The lowest BCUT2D eigenvalue weighted by molar-refractivity contribution is 1.17. The predicted molar refractivity (Wildman–Crippen MR) is 198 cm³/mol. The third kappa shape index (κ3) is 3.95. The summed E-state index contributed by atoms with van der Waals surface area (Å²) in [5, 5.41) is 3.57. The lowest BCUT2D eigenvalue weighted by Gasteiger charge is -2.40. The molecule has 47 heavy (non-hydrogen) atoms. The monoisotopic (exact) mass is 617 g/mol. The van der Waals surface area contributed by atoms with E-state index < -0.39 is 0 Å². The number of para-hydroxylation sites is 5. The second kappa shape index (κ2) is 10.3. The average Bonchev–Trinajstić information content (AvgIpc) is 3.71. The Balaban J connectivity index is 1.12. The van der Waals surface area contributed by atoms with E-state index in [2.05, 4.69) is 174 Å². The summed E-state index contributed by atoms with van der Waals surface area (Å²) in [6, 6.07) is 58.7. The number of hydrogen-bond donors (Lipinski definition) is 0. The van der Waals surface area contributed by atoms with Gasteiger partial charge in [-0.05, 0) is 59.7 Å². The molecule has 10 rings (SSSR count). The second-order valence-corrected chi connectivity index (χ2v) is 13.0. The first-order valence-corrected chi connectivity index (χ1v) is 16.7. The number of nitrogens with zero attached hydrogens (tertiary/aromatic N) is 3. The minimum atomic E-state index is 1.05. The van der Waals surface area contributed by atoms with E-state index in [1.165, 1.54) is 43.6 Å². The molecule has 0 saturated carbocycles. The van der Waals surface area contributed by atoms with Crippen LogP contribution in [0.1, 0.15) is 0 Å². The predicted octanol–water partition coefficient (Wildman–Crippen LogP) is 12.5. The fraction of sp³-hybridized carbons (Fsp3) is 0. The van der Waals surface area contributed by atoms with Crippen molar-refractivity contribution in [2.75, 3.05) is 9.80 Å². The van der Waals surface area contributed by atoms with Gasteiger partial charge in [0.05, 0.1) is 39.0 Å². The highest BCUT2D eigenvalue weighted by atomic mass is 32.1. The summed E-state index contributed by atoms with van der Waals surface area (Å²) in [6.07, 6.45) is 0. The minimum Gasteiger partial charge on any atom is -0.306 e. The molecule has 0 saturated heterocycles. The summed E-state index contributed by atoms with van der Waals surface area (Å²) < 4.78 is 0. The molecule has 0 radical (unpaired) electrons. The molecular formula is C43H27N3S. The van der Waals surface area contributed by atoms with E-state index >= 15 is 0 Å². The molecule has 0 spiro atoms. The molecule has 0 unspecified atom stereocenters. The van der Waals surface area contributed by atoms with Crippen molar-refractivity contribution in [2.45, 2.75) is 0 Å². The van der Waals surface area contributed by atoms with E-state index in [1.807, 2.05) is 0 Å². The van der Waals surface area contributed by atoms with E-state index in [0.717, 1.165) is 44.7 Å². The van der Waals surface area contributed by atoms with E-state index in [1.54, 1.807) is 11.3 Å². The SMILES string of the molecule is c1ccc(-c2cccc(-c3nc4c(s3)-c3cccc5c(N6c7ccccc7N(c7ccccc7)c7ccccc76)ccc-4c35)c2)cc1. The fourth-order valence-corrected chi connectivity index (χ4v) is 8.41. The van der Waals surface area contributed by atoms with E-state index in [0.29, 0.717) is 0 Å². The van der Waals surface area contributed by atoms with Gasteiger partial charge in [0.2, 0.25) is 0 Å². The van der Waals surface area contributed by atoms with Gasteiger partial charge in [0.25, 0.3) is 0 Å². The number of thiazole rings is 1. The Morgan fingerprint density at radius 2 is 1.02 bits per heavy atom. The summed E-state index contributed by atoms with van der Waals surface area (Å²) >= 11 is 1.79. The van der Waals surface area contributed by atoms with Crippen molar-refractivity contribution < 1.29 is 0 Å². The number of anilines is 6. The summed E-state index contributed by atoms with van der Waals surface area (Å²) in [7, 11) is 0. The number of fused-ring (bicyclic) bond motifs is 5. The molecule has 2 heterocycles. The molecule has 3 nitrogen and oxygen atoms in total. The van der Waals surface area contributed by atoms with Gasteiger partial charge in [-0.15, -0.1) is 11.3 Å². The van der Waals surface area contributed by atoms with Crippen LogP contribution in [0.5, 0.6) is 0 Å². The first-order valence-electron chi connectivity index (χ1n) is 15.9. The zero-order valence-electron chi connectivity index (χ0n) is 25.3. The van der Waals surface area contributed by atoms with Gasteiger partial charge in [0.1, 0.15) is 5.01 Å². The van der Waals surface area contributed by atoms with Crippen molar-refractivity contribution >= 4 is 56.2 Å². The van der Waals surface area contributed by atoms with Gasteiger partial charge in [-0.25, -0.2) is 4.98 Å². The van der Waals surface area contributed by atoms with Crippen LogP contribution in [-0.4, -0.2) is 4.98 Å². The van der Waals surface area contributed by atoms with Crippen LogP contribution >= 0.6 is 11.3 Å². The van der Waals surface area contributed by atoms with Gasteiger partial charge in [0.15, 0.2) is 0 Å². The van der Waals surface area contributed by atoms with E-state index in [9.17, 15) is 0 Å². The van der Waals surface area contributed by atoms with E-state index in [-0.39, 0.29) is 0 Å². The largest absolute Gasteiger partial charge is 0.306 e. The van der Waals surface area contributed by atoms with Gasteiger partial charge < -0.3 is 9.80 Å². The van der Waals surface area contributed by atoms with Crippen LogP contribution in [0, 0.1) is 0 Å². The highest BCUT2D eigenvalue weighted by Crippen LogP contribution is 2.58. The minimum absolute atomic E-state index is 1.05. The van der Waals surface area contributed by atoms with Crippen LogP contribution in [-0.2, 0) is 0 Å². The molecule has 1 aliphatic carbocycles. The van der Waals surface area contributed by atoms with Gasteiger partial charge in [-0.2, -0.15) is 0 Å². The highest BCUT2D eigenvalue weighted by Gasteiger charge is 2.33. The summed E-state index contributed by atoms with van der Waals surface area (Å²) in [4.78, 5) is 11.3. The van der Waals surface area contributed by atoms with Crippen molar-refractivity contribution in [3.8, 4) is 43.4 Å². The maximum Gasteiger partial charge on any atom is 0.124 e. The Bertz CT molecular complexity index is 2410. The maximum atomic E-state index is 5.29. The van der Waals surface area contributed by atoms with Crippen LogP contribution in [0.3, 0.4) is 0 Å². The molecule has 4 heteroatoms. The average molecular weight is 618 g/mol. The number of aromatic nitrogens is 1. The van der Waals surface area contributed by atoms with Crippen molar-refractivity contribution in [3.05, 3.63) is 164 Å². The molecule has 2 aliphatic rings. The molecule has 8 aromatic rings. The first-order chi connectivity index (χ1) is 23.3. The van der Waals surface area contributed by atoms with Gasteiger partial charge in [0, 0.05) is 33.2 Å². The van der Waals surface area contributed by atoms with Crippen molar-refractivity contribution in [2.24, 2.45) is 0 Å². The smallest absolute Gasteiger partial charge is 0.124 e. The molecular weight excluding hydrogens is 591 g/mol. The van der Waals surface area contributed by atoms with Crippen LogP contribution in [0.4, 0.5) is 34.1 Å². The quantitative estimate of drug-likeness (QED) is 0.196. The maximum absolute atomic E-state index is 5.29. The summed E-state index contributed by atoms with van der Waals surface area (Å²) in [6.45, 7) is 0. The number of rotatable bonds is 4. The van der Waals surface area contributed by atoms with Crippen molar-refractivity contribution in [1.29, 1.82) is 0 Å². The van der Waals surface area contributed by atoms with E-state index in [4.69, 9.17) is 4.98 Å².